The van der Waals surface area contributed by atoms with Gasteiger partial charge in [-0.3, -0.25) is 5.10 Å². The molecule has 0 aliphatic heterocycles. The van der Waals surface area contributed by atoms with Crippen LogP contribution in [0.1, 0.15) is 27.6 Å². The van der Waals surface area contributed by atoms with E-state index in [-0.39, 0.29) is 5.97 Å². The van der Waals surface area contributed by atoms with Crippen molar-refractivity contribution in [2.75, 3.05) is 7.11 Å². The summed E-state index contributed by atoms with van der Waals surface area (Å²) in [6.45, 7) is 2.94. The topological polar surface area (TPSA) is 80.1 Å². The van der Waals surface area contributed by atoms with Crippen LogP contribution in [0.2, 0.25) is 0 Å². The molecule has 0 unspecified atom stereocenters. The molecule has 96 valence electrons. The highest BCUT2D eigenvalue weighted by Crippen LogP contribution is 2.15. The Bertz CT molecular complexity index is 517. The van der Waals surface area contributed by atoms with Crippen molar-refractivity contribution in [1.82, 2.24) is 15.5 Å². The van der Waals surface area contributed by atoms with E-state index in [2.05, 4.69) is 20.3 Å². The van der Waals surface area contributed by atoms with E-state index in [0.29, 0.717) is 30.2 Å². The van der Waals surface area contributed by atoms with Crippen LogP contribution in [0.3, 0.4) is 0 Å². The van der Waals surface area contributed by atoms with Gasteiger partial charge in [-0.05, 0) is 19.1 Å². The van der Waals surface area contributed by atoms with E-state index < -0.39 is 0 Å². The van der Waals surface area contributed by atoms with E-state index in [1.807, 2.05) is 6.07 Å². The molecule has 6 nitrogen and oxygen atoms in total. The number of furan rings is 1. The van der Waals surface area contributed by atoms with Crippen molar-refractivity contribution in [3.8, 4) is 0 Å². The molecule has 2 aromatic rings. The van der Waals surface area contributed by atoms with Gasteiger partial charge in [-0.1, -0.05) is 0 Å². The van der Waals surface area contributed by atoms with Gasteiger partial charge in [-0.15, -0.1) is 0 Å². The van der Waals surface area contributed by atoms with Gasteiger partial charge in [-0.2, -0.15) is 5.10 Å². The number of H-pyrrole nitrogens is 1. The molecule has 0 radical (unpaired) electrons. The third-order valence-corrected chi connectivity index (χ3v) is 2.55. The number of rotatable bonds is 5. The number of hydrogen-bond donors (Lipinski definition) is 2. The zero-order chi connectivity index (χ0) is 13.0. The number of aromatic amines is 1. The molecular weight excluding hydrogens is 234 g/mol. The van der Waals surface area contributed by atoms with Crippen molar-refractivity contribution in [3.05, 3.63) is 41.1 Å². The van der Waals surface area contributed by atoms with E-state index in [0.717, 1.165) is 5.69 Å². The summed E-state index contributed by atoms with van der Waals surface area (Å²) in [6, 6.07) is 3.58. The van der Waals surface area contributed by atoms with Gasteiger partial charge in [0.15, 0.2) is 0 Å². The molecule has 0 spiro atoms. The summed E-state index contributed by atoms with van der Waals surface area (Å²) < 4.78 is 10.1. The fourth-order valence-corrected chi connectivity index (χ4v) is 1.65. The lowest BCUT2D eigenvalue weighted by Gasteiger charge is -1.99. The number of carbonyl (C=O) groups excluding carboxylic acids is 1. The molecule has 0 aromatic carbocycles. The number of hydrogen-bond acceptors (Lipinski definition) is 5. The summed E-state index contributed by atoms with van der Waals surface area (Å²) in [5, 5.41) is 9.89. The normalized spacial score (nSPS) is 10.6. The largest absolute Gasteiger partial charge is 0.465 e. The first-order chi connectivity index (χ1) is 8.70. The van der Waals surface area contributed by atoms with E-state index in [1.165, 1.54) is 7.11 Å². The van der Waals surface area contributed by atoms with Crippen molar-refractivity contribution in [3.63, 3.8) is 0 Å². The molecule has 0 bridgehead atoms. The maximum Gasteiger partial charge on any atom is 0.341 e. The molecule has 0 saturated heterocycles. The summed E-state index contributed by atoms with van der Waals surface area (Å²) in [6.07, 6.45) is 1.70. The lowest BCUT2D eigenvalue weighted by Crippen LogP contribution is -2.12. The number of nitrogens with zero attached hydrogens (tertiary/aromatic N) is 1. The third kappa shape index (κ3) is 2.78. The lowest BCUT2D eigenvalue weighted by atomic mass is 10.2. The highest BCUT2D eigenvalue weighted by molar-refractivity contribution is 5.90. The summed E-state index contributed by atoms with van der Waals surface area (Å²) in [5.41, 5.74) is 1.46. The third-order valence-electron chi connectivity index (χ3n) is 2.55. The van der Waals surface area contributed by atoms with Gasteiger partial charge in [0.25, 0.3) is 0 Å². The number of nitrogens with one attached hydrogen (secondary N) is 2. The second-order valence-electron chi connectivity index (χ2n) is 3.86. The molecule has 6 heteroatoms. The van der Waals surface area contributed by atoms with Crippen LogP contribution in [0, 0.1) is 6.92 Å². The minimum atomic E-state index is -0.379. The minimum Gasteiger partial charge on any atom is -0.465 e. The Balaban J connectivity index is 1.92. The first-order valence-electron chi connectivity index (χ1n) is 5.57. The zero-order valence-electron chi connectivity index (χ0n) is 10.3. The highest BCUT2D eigenvalue weighted by Gasteiger charge is 2.14. The molecule has 0 fully saturated rings. The maximum atomic E-state index is 11.4. The number of carbonyl (C=O) groups is 1. The molecule has 0 saturated carbocycles. The van der Waals surface area contributed by atoms with Gasteiger partial charge in [-0.25, -0.2) is 4.79 Å². The Morgan fingerprint density at radius 2 is 2.39 bits per heavy atom. The first kappa shape index (κ1) is 12.4. The van der Waals surface area contributed by atoms with Gasteiger partial charge >= 0.3 is 5.97 Å². The highest BCUT2D eigenvalue weighted by atomic mass is 16.5. The SMILES string of the molecule is COC(=O)c1cc(CNCc2ccn[nH]2)oc1C. The zero-order valence-corrected chi connectivity index (χ0v) is 10.3. The molecule has 2 N–H and O–H groups in total. The smallest absolute Gasteiger partial charge is 0.341 e. The summed E-state index contributed by atoms with van der Waals surface area (Å²) in [5.74, 6) is 0.892. The summed E-state index contributed by atoms with van der Waals surface area (Å²) in [4.78, 5) is 11.4. The van der Waals surface area contributed by atoms with Gasteiger partial charge in [0.1, 0.15) is 17.1 Å². The number of aryl methyl sites for hydroxylation is 1. The van der Waals surface area contributed by atoms with Crippen LogP contribution in [0.5, 0.6) is 0 Å². The van der Waals surface area contributed by atoms with Crippen molar-refractivity contribution in [1.29, 1.82) is 0 Å². The van der Waals surface area contributed by atoms with E-state index >= 15 is 0 Å². The van der Waals surface area contributed by atoms with Crippen LogP contribution in [0.15, 0.2) is 22.7 Å². The average Bonchev–Trinajstić information content (AvgIpc) is 2.98. The molecule has 0 aliphatic carbocycles. The second kappa shape index (κ2) is 5.50. The van der Waals surface area contributed by atoms with Crippen LogP contribution in [-0.4, -0.2) is 23.3 Å². The quantitative estimate of drug-likeness (QED) is 0.783. The fourth-order valence-electron chi connectivity index (χ4n) is 1.65. The summed E-state index contributed by atoms with van der Waals surface area (Å²) in [7, 11) is 1.35. The van der Waals surface area contributed by atoms with Gasteiger partial charge < -0.3 is 14.5 Å². The molecule has 18 heavy (non-hydrogen) atoms. The predicted molar refractivity (Wildman–Crippen MR) is 63.9 cm³/mol. The Morgan fingerprint density at radius 3 is 3.06 bits per heavy atom. The standard InChI is InChI=1S/C12H15N3O3/c1-8-11(12(16)17-2)5-10(18-8)7-13-6-9-3-4-14-15-9/h3-5,13H,6-7H2,1-2H3,(H,14,15). The van der Waals surface area contributed by atoms with Crippen LogP contribution < -0.4 is 5.32 Å². The predicted octanol–water partition coefficient (Wildman–Crippen LogP) is 1.39. The Hall–Kier alpha value is -2.08. The van der Waals surface area contributed by atoms with Gasteiger partial charge in [0.2, 0.25) is 0 Å². The number of esters is 1. The number of ether oxygens (including phenoxy) is 1. The van der Waals surface area contributed by atoms with Crippen LogP contribution >= 0.6 is 0 Å². The van der Waals surface area contributed by atoms with E-state index in [4.69, 9.17) is 4.42 Å². The number of methoxy groups -OCH3 is 1. The fraction of sp³-hybridized carbons (Fsp3) is 0.333. The van der Waals surface area contributed by atoms with Crippen LogP contribution in [-0.2, 0) is 17.8 Å². The minimum absolute atomic E-state index is 0.379. The van der Waals surface area contributed by atoms with Crippen molar-refractivity contribution in [2.45, 2.75) is 20.0 Å². The van der Waals surface area contributed by atoms with Crippen LogP contribution in [0.25, 0.3) is 0 Å². The lowest BCUT2D eigenvalue weighted by molar-refractivity contribution is 0.0599. The first-order valence-corrected chi connectivity index (χ1v) is 5.57. The van der Waals surface area contributed by atoms with E-state index in [1.54, 1.807) is 19.2 Å². The van der Waals surface area contributed by atoms with E-state index in [9.17, 15) is 4.79 Å². The van der Waals surface area contributed by atoms with Crippen LogP contribution in [0.4, 0.5) is 0 Å². The van der Waals surface area contributed by atoms with Crippen molar-refractivity contribution in [2.24, 2.45) is 0 Å². The molecule has 0 atom stereocenters. The Kier molecular flexibility index (Phi) is 3.78. The molecule has 2 aromatic heterocycles. The Labute approximate surface area is 104 Å². The monoisotopic (exact) mass is 249 g/mol. The average molecular weight is 249 g/mol. The summed E-state index contributed by atoms with van der Waals surface area (Å²) >= 11 is 0. The second-order valence-corrected chi connectivity index (χ2v) is 3.86. The molecular formula is C12H15N3O3. The number of aromatic nitrogens is 2. The van der Waals surface area contributed by atoms with Crippen molar-refractivity contribution >= 4 is 5.97 Å². The maximum absolute atomic E-state index is 11.4. The molecule has 0 amide bonds. The van der Waals surface area contributed by atoms with Gasteiger partial charge in [0, 0.05) is 18.4 Å². The molecule has 0 aliphatic rings. The van der Waals surface area contributed by atoms with Gasteiger partial charge in [0.05, 0.1) is 13.7 Å². The molecule has 2 heterocycles. The Morgan fingerprint density at radius 1 is 1.56 bits per heavy atom. The van der Waals surface area contributed by atoms with Crippen molar-refractivity contribution < 1.29 is 13.9 Å². The molecule has 2 rings (SSSR count).